The zero-order valence-electron chi connectivity index (χ0n) is 11.9. The number of aromatic nitrogens is 1. The molecule has 6 heteroatoms. The number of hydrogen-bond acceptors (Lipinski definition) is 4. The van der Waals surface area contributed by atoms with Crippen LogP contribution < -0.4 is 10.6 Å². The minimum atomic E-state index is -0.285. The summed E-state index contributed by atoms with van der Waals surface area (Å²) in [5.41, 5.74) is 1.27. The number of ketones is 1. The van der Waals surface area contributed by atoms with Gasteiger partial charge in [-0.1, -0.05) is 6.92 Å². The van der Waals surface area contributed by atoms with Crippen LogP contribution in [-0.2, 0) is 0 Å². The lowest BCUT2D eigenvalue weighted by Gasteiger charge is -2.15. The molecule has 1 atom stereocenters. The summed E-state index contributed by atoms with van der Waals surface area (Å²) in [6.45, 7) is 3.50. The van der Waals surface area contributed by atoms with E-state index >= 15 is 0 Å². The zero-order chi connectivity index (χ0) is 15.2. The first kappa shape index (κ1) is 15.2. The molecule has 110 valence electrons. The molecule has 1 aromatic heterocycles. The predicted molar refractivity (Wildman–Crippen MR) is 83.7 cm³/mol. The van der Waals surface area contributed by atoms with E-state index in [1.807, 2.05) is 12.3 Å². The first-order valence-corrected chi connectivity index (χ1v) is 7.56. The van der Waals surface area contributed by atoms with Crippen LogP contribution in [0.4, 0.5) is 10.5 Å². The number of nitrogens with zero attached hydrogens (tertiary/aromatic N) is 1. The van der Waals surface area contributed by atoms with Crippen LogP contribution in [0.5, 0.6) is 0 Å². The molecule has 0 aliphatic rings. The first-order chi connectivity index (χ1) is 10.1. The lowest BCUT2D eigenvalue weighted by molar-refractivity contribution is 0.101. The number of anilines is 1. The van der Waals surface area contributed by atoms with Crippen LogP contribution in [-0.4, -0.2) is 16.8 Å². The number of rotatable bonds is 5. The Bertz CT molecular complexity index is 608. The Morgan fingerprint density at radius 1 is 1.29 bits per heavy atom. The number of amides is 2. The second kappa shape index (κ2) is 6.99. The average Bonchev–Trinajstić information content (AvgIpc) is 2.99. The molecule has 0 fully saturated rings. The van der Waals surface area contributed by atoms with Crippen LogP contribution in [0.2, 0.25) is 0 Å². The molecule has 0 saturated carbocycles. The minimum absolute atomic E-state index is 0.000758. The molecule has 0 saturated heterocycles. The fourth-order valence-electron chi connectivity index (χ4n) is 1.86. The second-order valence-corrected chi connectivity index (χ2v) is 5.49. The van der Waals surface area contributed by atoms with E-state index in [0.717, 1.165) is 11.4 Å². The van der Waals surface area contributed by atoms with Gasteiger partial charge in [0.15, 0.2) is 5.78 Å². The topological polar surface area (TPSA) is 71.1 Å². The third-order valence-corrected chi connectivity index (χ3v) is 3.90. The maximum absolute atomic E-state index is 12.0. The molecule has 2 aromatic rings. The number of thiazole rings is 1. The van der Waals surface area contributed by atoms with Gasteiger partial charge in [-0.15, -0.1) is 11.3 Å². The summed E-state index contributed by atoms with van der Waals surface area (Å²) in [4.78, 5) is 27.4. The summed E-state index contributed by atoms with van der Waals surface area (Å²) in [6, 6.07) is 6.42. The van der Waals surface area contributed by atoms with Crippen molar-refractivity contribution in [2.24, 2.45) is 0 Å². The van der Waals surface area contributed by atoms with Crippen molar-refractivity contribution in [2.45, 2.75) is 26.3 Å². The smallest absolute Gasteiger partial charge is 0.319 e. The molecule has 2 rings (SSSR count). The van der Waals surface area contributed by atoms with Gasteiger partial charge in [0, 0.05) is 22.8 Å². The van der Waals surface area contributed by atoms with Crippen molar-refractivity contribution in [3.8, 4) is 0 Å². The molecule has 0 spiro atoms. The summed E-state index contributed by atoms with van der Waals surface area (Å²) in [5.74, 6) is 0.000758. The molecule has 0 aliphatic carbocycles. The number of benzene rings is 1. The maximum Gasteiger partial charge on any atom is 0.319 e. The van der Waals surface area contributed by atoms with E-state index in [1.54, 1.807) is 30.5 Å². The van der Waals surface area contributed by atoms with Crippen LogP contribution >= 0.6 is 11.3 Å². The van der Waals surface area contributed by atoms with E-state index in [-0.39, 0.29) is 17.9 Å². The Labute approximate surface area is 127 Å². The Balaban J connectivity index is 1.96. The van der Waals surface area contributed by atoms with E-state index < -0.39 is 0 Å². The van der Waals surface area contributed by atoms with Gasteiger partial charge in [0.2, 0.25) is 0 Å². The van der Waals surface area contributed by atoms with Crippen molar-refractivity contribution in [3.05, 3.63) is 46.4 Å². The fraction of sp³-hybridized carbons (Fsp3) is 0.267. The summed E-state index contributed by atoms with van der Waals surface area (Å²) in [5, 5.41) is 8.41. The fourth-order valence-corrected chi connectivity index (χ4v) is 2.63. The Morgan fingerprint density at radius 2 is 2.00 bits per heavy atom. The minimum Gasteiger partial charge on any atom is -0.329 e. The van der Waals surface area contributed by atoms with E-state index in [0.29, 0.717) is 11.3 Å². The molecular weight excluding hydrogens is 286 g/mol. The maximum atomic E-state index is 12.0. The first-order valence-electron chi connectivity index (χ1n) is 6.68. The Kier molecular flexibility index (Phi) is 5.05. The van der Waals surface area contributed by atoms with Gasteiger partial charge in [0.05, 0.1) is 6.04 Å². The van der Waals surface area contributed by atoms with E-state index in [2.05, 4.69) is 15.6 Å². The SMILES string of the molecule is CCC(NC(=O)Nc1ccc(C(C)=O)cc1)c1nccs1. The van der Waals surface area contributed by atoms with Gasteiger partial charge in [0.25, 0.3) is 0 Å². The molecule has 1 aromatic carbocycles. The lowest BCUT2D eigenvalue weighted by atomic mass is 10.1. The van der Waals surface area contributed by atoms with Gasteiger partial charge in [-0.2, -0.15) is 0 Å². The molecule has 1 unspecified atom stereocenters. The molecule has 2 amide bonds. The Hall–Kier alpha value is -2.21. The van der Waals surface area contributed by atoms with Crippen molar-refractivity contribution in [1.82, 2.24) is 10.3 Å². The summed E-state index contributed by atoms with van der Waals surface area (Å²) < 4.78 is 0. The molecule has 2 N–H and O–H groups in total. The highest BCUT2D eigenvalue weighted by molar-refractivity contribution is 7.09. The average molecular weight is 303 g/mol. The predicted octanol–water partition coefficient (Wildman–Crippen LogP) is 3.62. The quantitative estimate of drug-likeness (QED) is 0.829. The number of nitrogens with one attached hydrogen (secondary N) is 2. The number of carbonyl (C=O) groups is 2. The lowest BCUT2D eigenvalue weighted by Crippen LogP contribution is -2.32. The van der Waals surface area contributed by atoms with Crippen LogP contribution in [0.25, 0.3) is 0 Å². The zero-order valence-corrected chi connectivity index (χ0v) is 12.7. The molecule has 0 aliphatic heterocycles. The van der Waals surface area contributed by atoms with Crippen molar-refractivity contribution >= 4 is 28.8 Å². The van der Waals surface area contributed by atoms with Crippen LogP contribution in [0.3, 0.4) is 0 Å². The van der Waals surface area contributed by atoms with E-state index in [4.69, 9.17) is 0 Å². The van der Waals surface area contributed by atoms with Gasteiger partial charge < -0.3 is 10.6 Å². The molecular formula is C15H17N3O2S. The third-order valence-electron chi connectivity index (χ3n) is 3.01. The number of urea groups is 1. The van der Waals surface area contributed by atoms with Crippen LogP contribution in [0.1, 0.15) is 41.7 Å². The highest BCUT2D eigenvalue weighted by Crippen LogP contribution is 2.19. The van der Waals surface area contributed by atoms with E-state index in [9.17, 15) is 9.59 Å². The largest absolute Gasteiger partial charge is 0.329 e. The van der Waals surface area contributed by atoms with Crippen molar-refractivity contribution < 1.29 is 9.59 Å². The molecule has 0 bridgehead atoms. The van der Waals surface area contributed by atoms with Gasteiger partial charge in [-0.25, -0.2) is 9.78 Å². The number of Topliss-reactive ketones (excluding diaryl/α,β-unsaturated/α-hetero) is 1. The highest BCUT2D eigenvalue weighted by Gasteiger charge is 2.14. The summed E-state index contributed by atoms with van der Waals surface area (Å²) >= 11 is 1.52. The standard InChI is InChI=1S/C15H17N3O2S/c1-3-13(14-16-8-9-21-14)18-15(20)17-12-6-4-11(5-7-12)10(2)19/h4-9,13H,3H2,1-2H3,(H2,17,18,20). The number of hydrogen-bond donors (Lipinski definition) is 2. The van der Waals surface area contributed by atoms with Crippen LogP contribution in [0.15, 0.2) is 35.8 Å². The van der Waals surface area contributed by atoms with Gasteiger partial charge >= 0.3 is 6.03 Å². The van der Waals surface area contributed by atoms with Gasteiger partial charge in [0.1, 0.15) is 5.01 Å². The van der Waals surface area contributed by atoms with Gasteiger partial charge in [-0.3, -0.25) is 4.79 Å². The summed E-state index contributed by atoms with van der Waals surface area (Å²) in [7, 11) is 0. The van der Waals surface area contributed by atoms with Crippen molar-refractivity contribution in [1.29, 1.82) is 0 Å². The number of carbonyl (C=O) groups excluding carboxylic acids is 2. The molecule has 21 heavy (non-hydrogen) atoms. The van der Waals surface area contributed by atoms with E-state index in [1.165, 1.54) is 18.3 Å². The van der Waals surface area contributed by atoms with Crippen LogP contribution in [0, 0.1) is 0 Å². The molecule has 0 radical (unpaired) electrons. The Morgan fingerprint density at radius 3 is 2.52 bits per heavy atom. The van der Waals surface area contributed by atoms with Gasteiger partial charge in [-0.05, 0) is 37.6 Å². The highest BCUT2D eigenvalue weighted by atomic mass is 32.1. The van der Waals surface area contributed by atoms with Crippen molar-refractivity contribution in [3.63, 3.8) is 0 Å². The van der Waals surface area contributed by atoms with Crippen molar-refractivity contribution in [2.75, 3.05) is 5.32 Å². The third kappa shape index (κ3) is 4.13. The monoisotopic (exact) mass is 303 g/mol. The normalized spacial score (nSPS) is 11.7. The second-order valence-electron chi connectivity index (χ2n) is 4.56. The molecule has 5 nitrogen and oxygen atoms in total. The summed E-state index contributed by atoms with van der Waals surface area (Å²) in [6.07, 6.45) is 2.49. The molecule has 1 heterocycles.